The van der Waals surface area contributed by atoms with E-state index in [1.54, 1.807) is 0 Å². The van der Waals surface area contributed by atoms with Crippen molar-refractivity contribution in [3.63, 3.8) is 0 Å². The Kier molecular flexibility index (Phi) is 5.74. The zero-order chi connectivity index (χ0) is 13.7. The van der Waals surface area contributed by atoms with Crippen molar-refractivity contribution >= 4 is 11.8 Å². The van der Waals surface area contributed by atoms with Gasteiger partial charge in [0.15, 0.2) is 0 Å². The molecule has 0 radical (unpaired) electrons. The highest BCUT2D eigenvalue weighted by molar-refractivity contribution is 7.99. The predicted octanol–water partition coefficient (Wildman–Crippen LogP) is 4.02. The van der Waals surface area contributed by atoms with Crippen molar-refractivity contribution in [2.24, 2.45) is 0 Å². The number of ether oxygens (including phenoxy) is 1. The number of hydrogen-bond acceptors (Lipinski definition) is 3. The third-order valence-corrected chi connectivity index (χ3v) is 4.75. The fourth-order valence-electron chi connectivity index (χ4n) is 2.49. The van der Waals surface area contributed by atoms with Crippen molar-refractivity contribution in [3.05, 3.63) is 29.8 Å². The SMILES string of the molecule is CCNC(C)c1cccc(SCC2CCC(C)O2)c1. The van der Waals surface area contributed by atoms with Crippen LogP contribution in [0.15, 0.2) is 29.2 Å². The van der Waals surface area contributed by atoms with Gasteiger partial charge < -0.3 is 10.1 Å². The van der Waals surface area contributed by atoms with E-state index in [4.69, 9.17) is 4.74 Å². The smallest absolute Gasteiger partial charge is 0.0673 e. The number of benzene rings is 1. The summed E-state index contributed by atoms with van der Waals surface area (Å²) >= 11 is 1.92. The van der Waals surface area contributed by atoms with Crippen LogP contribution in [0, 0.1) is 0 Å². The highest BCUT2D eigenvalue weighted by atomic mass is 32.2. The van der Waals surface area contributed by atoms with Gasteiger partial charge in [-0.05, 0) is 50.9 Å². The van der Waals surface area contributed by atoms with E-state index in [-0.39, 0.29) is 0 Å². The largest absolute Gasteiger partial charge is 0.374 e. The average molecular weight is 279 g/mol. The Morgan fingerprint density at radius 1 is 1.42 bits per heavy atom. The highest BCUT2D eigenvalue weighted by Crippen LogP contribution is 2.27. The standard InChI is InChI=1S/C16H25NOS/c1-4-17-13(3)14-6-5-7-16(10-14)19-11-15-9-8-12(2)18-15/h5-7,10,12-13,15,17H,4,8-9,11H2,1-3H3. The van der Waals surface area contributed by atoms with Crippen molar-refractivity contribution in [2.45, 2.75) is 56.8 Å². The molecule has 0 spiro atoms. The fourth-order valence-corrected chi connectivity index (χ4v) is 3.51. The monoisotopic (exact) mass is 279 g/mol. The second-order valence-corrected chi connectivity index (χ2v) is 6.40. The molecule has 2 rings (SSSR count). The number of rotatable bonds is 6. The summed E-state index contributed by atoms with van der Waals surface area (Å²) in [4.78, 5) is 1.35. The Morgan fingerprint density at radius 3 is 2.95 bits per heavy atom. The van der Waals surface area contributed by atoms with E-state index >= 15 is 0 Å². The van der Waals surface area contributed by atoms with Crippen molar-refractivity contribution in [1.82, 2.24) is 5.32 Å². The Labute approximate surface area is 121 Å². The highest BCUT2D eigenvalue weighted by Gasteiger charge is 2.21. The predicted molar refractivity (Wildman–Crippen MR) is 82.8 cm³/mol. The minimum absolute atomic E-state index is 0.424. The summed E-state index contributed by atoms with van der Waals surface area (Å²) in [5, 5.41) is 3.46. The quantitative estimate of drug-likeness (QED) is 0.795. The van der Waals surface area contributed by atoms with Gasteiger partial charge in [0.2, 0.25) is 0 Å². The number of nitrogens with one attached hydrogen (secondary N) is 1. The molecule has 1 fully saturated rings. The molecule has 0 saturated carbocycles. The van der Waals surface area contributed by atoms with Crippen LogP contribution in [-0.2, 0) is 4.74 Å². The number of thioether (sulfide) groups is 1. The van der Waals surface area contributed by atoms with Crippen LogP contribution in [0.4, 0.5) is 0 Å². The molecule has 0 amide bonds. The van der Waals surface area contributed by atoms with Gasteiger partial charge in [-0.3, -0.25) is 0 Å². The first-order chi connectivity index (χ1) is 9.19. The van der Waals surface area contributed by atoms with Crippen LogP contribution in [0.3, 0.4) is 0 Å². The first kappa shape index (κ1) is 14.9. The lowest BCUT2D eigenvalue weighted by Crippen LogP contribution is -2.17. The van der Waals surface area contributed by atoms with Crippen LogP contribution in [0.1, 0.15) is 45.2 Å². The molecule has 3 heteroatoms. The van der Waals surface area contributed by atoms with Crippen LogP contribution in [0.2, 0.25) is 0 Å². The van der Waals surface area contributed by atoms with Crippen LogP contribution in [0.25, 0.3) is 0 Å². The molecule has 1 aromatic carbocycles. The molecular weight excluding hydrogens is 254 g/mol. The maximum absolute atomic E-state index is 5.87. The lowest BCUT2D eigenvalue weighted by molar-refractivity contribution is 0.0700. The molecule has 0 aliphatic carbocycles. The minimum atomic E-state index is 0.424. The Bertz CT molecular complexity index is 396. The zero-order valence-electron chi connectivity index (χ0n) is 12.2. The molecule has 1 heterocycles. The van der Waals surface area contributed by atoms with Gasteiger partial charge in [0.1, 0.15) is 0 Å². The molecule has 1 aliphatic heterocycles. The van der Waals surface area contributed by atoms with Gasteiger partial charge in [-0.2, -0.15) is 0 Å². The maximum atomic E-state index is 5.87. The Hall–Kier alpha value is -0.510. The molecule has 1 aromatic rings. The average Bonchev–Trinajstić information content (AvgIpc) is 2.83. The third-order valence-electron chi connectivity index (χ3n) is 3.62. The second-order valence-electron chi connectivity index (χ2n) is 5.31. The van der Waals surface area contributed by atoms with Crippen LogP contribution >= 0.6 is 11.8 Å². The van der Waals surface area contributed by atoms with Crippen molar-refractivity contribution in [1.29, 1.82) is 0 Å². The molecular formula is C16H25NOS. The van der Waals surface area contributed by atoms with E-state index in [0.29, 0.717) is 18.2 Å². The topological polar surface area (TPSA) is 21.3 Å². The molecule has 1 N–H and O–H groups in total. The summed E-state index contributed by atoms with van der Waals surface area (Å²) in [5.41, 5.74) is 1.37. The molecule has 106 valence electrons. The van der Waals surface area contributed by atoms with E-state index in [2.05, 4.69) is 50.4 Å². The first-order valence-corrected chi connectivity index (χ1v) is 8.29. The molecule has 1 saturated heterocycles. The summed E-state index contributed by atoms with van der Waals surface area (Å²) in [7, 11) is 0. The van der Waals surface area contributed by atoms with Gasteiger partial charge in [0, 0.05) is 16.7 Å². The van der Waals surface area contributed by atoms with Gasteiger partial charge >= 0.3 is 0 Å². The van der Waals surface area contributed by atoms with Gasteiger partial charge in [-0.25, -0.2) is 0 Å². The molecule has 1 aliphatic rings. The normalized spacial score (nSPS) is 24.6. The summed E-state index contributed by atoms with van der Waals surface area (Å²) in [6.45, 7) is 7.54. The van der Waals surface area contributed by atoms with Crippen LogP contribution < -0.4 is 5.32 Å². The Balaban J connectivity index is 1.88. The minimum Gasteiger partial charge on any atom is -0.374 e. The van der Waals surface area contributed by atoms with Gasteiger partial charge in [0.25, 0.3) is 0 Å². The van der Waals surface area contributed by atoms with Crippen molar-refractivity contribution in [2.75, 3.05) is 12.3 Å². The fraction of sp³-hybridized carbons (Fsp3) is 0.625. The molecule has 19 heavy (non-hydrogen) atoms. The van der Waals surface area contributed by atoms with Crippen molar-refractivity contribution < 1.29 is 4.74 Å². The summed E-state index contributed by atoms with van der Waals surface area (Å²) in [6.07, 6.45) is 3.31. The van der Waals surface area contributed by atoms with Gasteiger partial charge in [-0.15, -0.1) is 11.8 Å². The van der Waals surface area contributed by atoms with E-state index in [9.17, 15) is 0 Å². The molecule has 3 atom stereocenters. The maximum Gasteiger partial charge on any atom is 0.0673 e. The molecule has 0 aromatic heterocycles. The first-order valence-electron chi connectivity index (χ1n) is 7.30. The molecule has 0 bridgehead atoms. The van der Waals surface area contributed by atoms with Crippen LogP contribution in [-0.4, -0.2) is 24.5 Å². The summed E-state index contributed by atoms with van der Waals surface area (Å²) in [6, 6.07) is 9.28. The molecule has 2 nitrogen and oxygen atoms in total. The Morgan fingerprint density at radius 2 is 2.26 bits per heavy atom. The molecule has 3 unspecified atom stereocenters. The second kappa shape index (κ2) is 7.32. The van der Waals surface area contributed by atoms with E-state index < -0.39 is 0 Å². The summed E-state index contributed by atoms with van der Waals surface area (Å²) < 4.78 is 5.87. The lowest BCUT2D eigenvalue weighted by Gasteiger charge is -2.15. The van der Waals surface area contributed by atoms with Gasteiger partial charge in [-0.1, -0.05) is 19.1 Å². The lowest BCUT2D eigenvalue weighted by atomic mass is 10.1. The zero-order valence-corrected chi connectivity index (χ0v) is 13.0. The van der Waals surface area contributed by atoms with E-state index in [1.807, 2.05) is 11.8 Å². The summed E-state index contributed by atoms with van der Waals surface area (Å²) in [5.74, 6) is 1.07. The van der Waals surface area contributed by atoms with Gasteiger partial charge in [0.05, 0.1) is 12.2 Å². The van der Waals surface area contributed by atoms with Crippen LogP contribution in [0.5, 0.6) is 0 Å². The number of hydrogen-bond donors (Lipinski definition) is 1. The van der Waals surface area contributed by atoms with Crippen molar-refractivity contribution in [3.8, 4) is 0 Å². The van der Waals surface area contributed by atoms with E-state index in [0.717, 1.165) is 12.3 Å². The third kappa shape index (κ3) is 4.51. The van der Waals surface area contributed by atoms with E-state index in [1.165, 1.54) is 23.3 Å².